The molecule has 0 aliphatic carbocycles. The first-order chi connectivity index (χ1) is 9.33. The average Bonchev–Trinajstić information content (AvgIpc) is 2.83. The molecule has 1 saturated heterocycles. The lowest BCUT2D eigenvalue weighted by atomic mass is 10.0. The van der Waals surface area contributed by atoms with Crippen molar-refractivity contribution in [2.75, 3.05) is 26.4 Å². The van der Waals surface area contributed by atoms with Crippen LogP contribution in [0.1, 0.15) is 24.9 Å². The van der Waals surface area contributed by atoms with Crippen LogP contribution in [-0.4, -0.2) is 38.4 Å². The van der Waals surface area contributed by atoms with Gasteiger partial charge in [-0.15, -0.1) is 0 Å². The van der Waals surface area contributed by atoms with Gasteiger partial charge in [-0.3, -0.25) is 0 Å². The maximum atomic E-state index is 5.70. The summed E-state index contributed by atoms with van der Waals surface area (Å²) >= 11 is 0. The standard InChI is InChI=1S/C15H22N2O2/c1-11(8-12-9-18-7-6-16-12)17-14-10-19-15-5-3-2-4-13(14)15/h2-5,11-12,14,16-17H,6-10H2,1H3. The third kappa shape index (κ3) is 3.08. The molecular formula is C15H22N2O2. The van der Waals surface area contributed by atoms with Crippen LogP contribution in [0.4, 0.5) is 0 Å². The van der Waals surface area contributed by atoms with Gasteiger partial charge < -0.3 is 20.1 Å². The highest BCUT2D eigenvalue weighted by atomic mass is 16.5. The Morgan fingerprint density at radius 2 is 2.26 bits per heavy atom. The summed E-state index contributed by atoms with van der Waals surface area (Å²) in [6.07, 6.45) is 1.08. The number of fused-ring (bicyclic) bond motifs is 1. The number of para-hydroxylation sites is 1. The minimum atomic E-state index is 0.315. The molecule has 104 valence electrons. The Bertz CT molecular complexity index is 418. The van der Waals surface area contributed by atoms with Crippen molar-refractivity contribution in [2.45, 2.75) is 31.5 Å². The van der Waals surface area contributed by atoms with Crippen molar-refractivity contribution >= 4 is 0 Å². The molecule has 0 saturated carbocycles. The lowest BCUT2D eigenvalue weighted by molar-refractivity contribution is 0.0706. The van der Waals surface area contributed by atoms with Crippen LogP contribution in [0.3, 0.4) is 0 Å². The minimum Gasteiger partial charge on any atom is -0.491 e. The monoisotopic (exact) mass is 262 g/mol. The Morgan fingerprint density at radius 3 is 3.11 bits per heavy atom. The predicted molar refractivity (Wildman–Crippen MR) is 74.5 cm³/mol. The summed E-state index contributed by atoms with van der Waals surface area (Å²) in [5, 5.41) is 7.16. The molecule has 0 spiro atoms. The van der Waals surface area contributed by atoms with E-state index in [9.17, 15) is 0 Å². The summed E-state index contributed by atoms with van der Waals surface area (Å²) in [5.74, 6) is 1.02. The maximum Gasteiger partial charge on any atom is 0.124 e. The van der Waals surface area contributed by atoms with E-state index in [1.54, 1.807) is 0 Å². The van der Waals surface area contributed by atoms with E-state index < -0.39 is 0 Å². The molecule has 1 fully saturated rings. The molecule has 2 aliphatic heterocycles. The highest BCUT2D eigenvalue weighted by Crippen LogP contribution is 2.32. The molecule has 3 atom stereocenters. The molecule has 19 heavy (non-hydrogen) atoms. The molecular weight excluding hydrogens is 240 g/mol. The second kappa shape index (κ2) is 5.90. The van der Waals surface area contributed by atoms with E-state index in [0.29, 0.717) is 18.1 Å². The summed E-state index contributed by atoms with van der Waals surface area (Å²) in [5.41, 5.74) is 1.28. The number of nitrogens with one attached hydrogen (secondary N) is 2. The molecule has 4 nitrogen and oxygen atoms in total. The van der Waals surface area contributed by atoms with Crippen molar-refractivity contribution in [3.63, 3.8) is 0 Å². The molecule has 2 aliphatic rings. The fourth-order valence-corrected chi connectivity index (χ4v) is 2.91. The summed E-state index contributed by atoms with van der Waals surface area (Å²) in [4.78, 5) is 0. The fraction of sp³-hybridized carbons (Fsp3) is 0.600. The van der Waals surface area contributed by atoms with Crippen molar-refractivity contribution < 1.29 is 9.47 Å². The first-order valence-electron chi connectivity index (χ1n) is 7.12. The number of morpholine rings is 1. The van der Waals surface area contributed by atoms with E-state index in [4.69, 9.17) is 9.47 Å². The molecule has 3 unspecified atom stereocenters. The average molecular weight is 262 g/mol. The Labute approximate surface area is 114 Å². The number of hydrogen-bond donors (Lipinski definition) is 2. The van der Waals surface area contributed by atoms with Gasteiger partial charge in [-0.05, 0) is 19.4 Å². The number of benzene rings is 1. The predicted octanol–water partition coefficient (Wildman–Crippen LogP) is 1.48. The summed E-state index contributed by atoms with van der Waals surface area (Å²) in [7, 11) is 0. The number of ether oxygens (including phenoxy) is 2. The van der Waals surface area contributed by atoms with Gasteiger partial charge in [0.05, 0.1) is 19.3 Å². The molecule has 4 heteroatoms. The Morgan fingerprint density at radius 1 is 1.37 bits per heavy atom. The zero-order valence-corrected chi connectivity index (χ0v) is 11.4. The van der Waals surface area contributed by atoms with E-state index in [1.165, 1.54) is 5.56 Å². The van der Waals surface area contributed by atoms with Crippen LogP contribution in [-0.2, 0) is 4.74 Å². The van der Waals surface area contributed by atoms with Gasteiger partial charge in [0.25, 0.3) is 0 Å². The van der Waals surface area contributed by atoms with Gasteiger partial charge in [-0.2, -0.15) is 0 Å². The van der Waals surface area contributed by atoms with Crippen LogP contribution in [0.2, 0.25) is 0 Å². The van der Waals surface area contributed by atoms with Crippen LogP contribution in [0.15, 0.2) is 24.3 Å². The van der Waals surface area contributed by atoms with Crippen LogP contribution in [0.25, 0.3) is 0 Å². The normalized spacial score (nSPS) is 27.6. The SMILES string of the molecule is CC(CC1COCCN1)NC1COc2ccccc21. The molecule has 0 bridgehead atoms. The fourth-order valence-electron chi connectivity index (χ4n) is 2.91. The molecule has 3 rings (SSSR count). The van der Waals surface area contributed by atoms with Crippen molar-refractivity contribution in [1.29, 1.82) is 0 Å². The minimum absolute atomic E-state index is 0.315. The smallest absolute Gasteiger partial charge is 0.124 e. The first-order valence-corrected chi connectivity index (χ1v) is 7.12. The van der Waals surface area contributed by atoms with Crippen molar-refractivity contribution in [3.8, 4) is 5.75 Å². The van der Waals surface area contributed by atoms with Gasteiger partial charge in [0.2, 0.25) is 0 Å². The molecule has 2 N–H and O–H groups in total. The largest absolute Gasteiger partial charge is 0.491 e. The van der Waals surface area contributed by atoms with E-state index in [1.807, 2.05) is 12.1 Å². The Kier molecular flexibility index (Phi) is 4.01. The van der Waals surface area contributed by atoms with Gasteiger partial charge in [0.1, 0.15) is 12.4 Å². The van der Waals surface area contributed by atoms with Crippen molar-refractivity contribution in [1.82, 2.24) is 10.6 Å². The van der Waals surface area contributed by atoms with Gasteiger partial charge in [0, 0.05) is 24.2 Å². The van der Waals surface area contributed by atoms with Gasteiger partial charge >= 0.3 is 0 Å². The summed E-state index contributed by atoms with van der Waals surface area (Å²) in [6.45, 7) is 5.59. The Hall–Kier alpha value is -1.10. The van der Waals surface area contributed by atoms with E-state index in [-0.39, 0.29) is 0 Å². The molecule has 0 radical (unpaired) electrons. The summed E-state index contributed by atoms with van der Waals surface area (Å²) < 4.78 is 11.2. The molecule has 0 aromatic heterocycles. The van der Waals surface area contributed by atoms with Gasteiger partial charge in [0.15, 0.2) is 0 Å². The van der Waals surface area contributed by atoms with Crippen LogP contribution < -0.4 is 15.4 Å². The van der Waals surface area contributed by atoms with Crippen molar-refractivity contribution in [2.24, 2.45) is 0 Å². The topological polar surface area (TPSA) is 42.5 Å². The summed E-state index contributed by atoms with van der Waals surface area (Å²) in [6, 6.07) is 9.51. The molecule has 2 heterocycles. The van der Waals surface area contributed by atoms with E-state index in [2.05, 4.69) is 29.7 Å². The molecule has 1 aromatic carbocycles. The lowest BCUT2D eigenvalue weighted by Gasteiger charge is -2.28. The van der Waals surface area contributed by atoms with Crippen LogP contribution >= 0.6 is 0 Å². The van der Waals surface area contributed by atoms with Crippen LogP contribution in [0, 0.1) is 0 Å². The first kappa shape index (κ1) is 12.9. The zero-order chi connectivity index (χ0) is 13.1. The van der Waals surface area contributed by atoms with Gasteiger partial charge in [-0.1, -0.05) is 18.2 Å². The number of rotatable bonds is 4. The number of hydrogen-bond acceptors (Lipinski definition) is 4. The highest BCUT2D eigenvalue weighted by Gasteiger charge is 2.25. The maximum absolute atomic E-state index is 5.70. The second-order valence-electron chi connectivity index (χ2n) is 5.43. The molecule has 1 aromatic rings. The lowest BCUT2D eigenvalue weighted by Crippen LogP contribution is -2.45. The quantitative estimate of drug-likeness (QED) is 0.862. The third-order valence-electron chi connectivity index (χ3n) is 3.82. The van der Waals surface area contributed by atoms with Gasteiger partial charge in [-0.25, -0.2) is 0 Å². The van der Waals surface area contributed by atoms with Crippen molar-refractivity contribution in [3.05, 3.63) is 29.8 Å². The van der Waals surface area contributed by atoms with Crippen LogP contribution in [0.5, 0.6) is 5.75 Å². The van der Waals surface area contributed by atoms with E-state index in [0.717, 1.165) is 38.5 Å². The Balaban J connectivity index is 1.54. The second-order valence-corrected chi connectivity index (χ2v) is 5.43. The highest BCUT2D eigenvalue weighted by molar-refractivity contribution is 5.39. The zero-order valence-electron chi connectivity index (χ0n) is 11.4. The van der Waals surface area contributed by atoms with E-state index >= 15 is 0 Å². The molecule has 0 amide bonds. The third-order valence-corrected chi connectivity index (χ3v) is 3.82.